The summed E-state index contributed by atoms with van der Waals surface area (Å²) in [5.41, 5.74) is -0.771. The first-order chi connectivity index (χ1) is 18.2. The smallest absolute Gasteiger partial charge is 0.313 e. The lowest BCUT2D eigenvalue weighted by molar-refractivity contribution is -0.161. The molecule has 3 saturated heterocycles. The van der Waals surface area contributed by atoms with Crippen LogP contribution in [0.3, 0.4) is 0 Å². The average Bonchev–Trinajstić information content (AvgIpc) is 3.56. The second kappa shape index (κ2) is 9.63. The highest BCUT2D eigenvalue weighted by molar-refractivity contribution is 5.98. The number of para-hydroxylation sites is 1. The minimum atomic E-state index is -1.24. The summed E-state index contributed by atoms with van der Waals surface area (Å²) in [5, 5.41) is 18.2. The molecule has 6 atom stereocenters. The third-order valence-electron chi connectivity index (χ3n) is 8.37. The lowest BCUT2D eigenvalue weighted by atomic mass is 9.62. The number of rotatable bonds is 10. The number of amides is 2. The van der Waals surface area contributed by atoms with Crippen molar-refractivity contribution in [2.75, 3.05) is 26.3 Å². The molecule has 0 saturated carbocycles. The number of likely N-dealkylation sites (tertiary alicyclic amines) is 1. The Morgan fingerprint density at radius 1 is 1.32 bits per heavy atom. The molecule has 3 fully saturated rings. The van der Waals surface area contributed by atoms with Crippen LogP contribution < -0.4 is 0 Å². The Hall–Kier alpha value is -3.57. The first-order valence-electron chi connectivity index (χ1n) is 12.8. The van der Waals surface area contributed by atoms with E-state index in [4.69, 9.17) is 9.47 Å². The topological polar surface area (TPSA) is 127 Å². The van der Waals surface area contributed by atoms with Gasteiger partial charge in [0.15, 0.2) is 0 Å². The number of aliphatic hydroxyl groups is 1. The Kier molecular flexibility index (Phi) is 6.60. The van der Waals surface area contributed by atoms with Crippen molar-refractivity contribution in [3.05, 3.63) is 49.6 Å². The van der Waals surface area contributed by atoms with Crippen molar-refractivity contribution in [3.8, 4) is 0 Å². The summed E-state index contributed by atoms with van der Waals surface area (Å²) in [6.07, 6.45) is 3.48. The molecule has 1 N–H and O–H groups in total. The Bertz CT molecular complexity index is 1290. The van der Waals surface area contributed by atoms with Gasteiger partial charge in [0.05, 0.1) is 23.6 Å². The number of nitrogens with zero attached hydrogens (tertiary/aromatic N) is 5. The van der Waals surface area contributed by atoms with Crippen molar-refractivity contribution >= 4 is 28.8 Å². The van der Waals surface area contributed by atoms with Gasteiger partial charge in [0, 0.05) is 13.1 Å². The molecule has 2 bridgehead atoms. The molecule has 11 heteroatoms. The number of aliphatic hydroxyl groups excluding tert-OH is 1. The van der Waals surface area contributed by atoms with E-state index in [1.54, 1.807) is 15.7 Å². The summed E-state index contributed by atoms with van der Waals surface area (Å²) >= 11 is 0. The Morgan fingerprint density at radius 3 is 2.79 bits per heavy atom. The number of hydrogen-bond acceptors (Lipinski definition) is 8. The van der Waals surface area contributed by atoms with Gasteiger partial charge in [-0.15, -0.1) is 11.7 Å². The summed E-state index contributed by atoms with van der Waals surface area (Å²) in [7, 11) is 0. The highest BCUT2D eigenvalue weighted by Gasteiger charge is 2.80. The van der Waals surface area contributed by atoms with Crippen LogP contribution in [-0.4, -0.2) is 91.2 Å². The number of carbonyl (C=O) groups is 3. The fourth-order valence-corrected chi connectivity index (χ4v) is 6.69. The third-order valence-corrected chi connectivity index (χ3v) is 8.37. The molecule has 3 unspecified atom stereocenters. The second-order valence-electron chi connectivity index (χ2n) is 10.4. The Morgan fingerprint density at radius 2 is 2.08 bits per heavy atom. The molecular formula is C27H33N5O6. The van der Waals surface area contributed by atoms with Crippen LogP contribution in [0, 0.1) is 17.8 Å². The van der Waals surface area contributed by atoms with Crippen LogP contribution in [0.4, 0.5) is 0 Å². The zero-order chi connectivity index (χ0) is 27.2. The molecule has 1 aromatic carbocycles. The SMILES string of the molecule is C=CCOC(=O)[C@@H]1[C@H]2C(=O)N(CCO)C(C(=O)N(CC=C)Cn3nnc4ccccc43)C23CC(C)[C@@]1(C)O3. The quantitative estimate of drug-likeness (QED) is 0.363. The van der Waals surface area contributed by atoms with Gasteiger partial charge in [-0.3, -0.25) is 14.4 Å². The standard InChI is InChI=1S/C27H33N5O6/c1-5-11-30(16-32-19-10-8-7-9-18(19)28-29-32)24(35)22-27-15-17(3)26(4,38-27)21(25(36)37-14-6-2)20(27)23(34)31(22)12-13-33/h5-10,17,20-22,33H,1-2,11-16H2,3-4H3/t17?,20-,21-,22?,26+,27?/m0/s1. The number of fused-ring (bicyclic) bond motifs is 2. The summed E-state index contributed by atoms with van der Waals surface area (Å²) < 4.78 is 13.6. The molecule has 0 radical (unpaired) electrons. The van der Waals surface area contributed by atoms with E-state index in [2.05, 4.69) is 23.5 Å². The van der Waals surface area contributed by atoms with E-state index in [9.17, 15) is 19.5 Å². The van der Waals surface area contributed by atoms with E-state index in [0.717, 1.165) is 5.52 Å². The number of carbonyl (C=O) groups excluding carboxylic acids is 3. The molecule has 202 valence electrons. The van der Waals surface area contributed by atoms with Crippen LogP contribution in [0.15, 0.2) is 49.6 Å². The van der Waals surface area contributed by atoms with Gasteiger partial charge in [0.2, 0.25) is 11.8 Å². The summed E-state index contributed by atoms with van der Waals surface area (Å²) in [6, 6.07) is 6.38. The van der Waals surface area contributed by atoms with Gasteiger partial charge in [-0.25, -0.2) is 4.68 Å². The number of benzene rings is 1. The maximum atomic E-state index is 14.3. The fraction of sp³-hybridized carbons (Fsp3) is 0.519. The van der Waals surface area contributed by atoms with E-state index in [1.165, 1.54) is 11.0 Å². The zero-order valence-corrected chi connectivity index (χ0v) is 21.7. The van der Waals surface area contributed by atoms with Gasteiger partial charge < -0.3 is 24.4 Å². The summed E-state index contributed by atoms with van der Waals surface area (Å²) in [4.78, 5) is 44.4. The monoisotopic (exact) mass is 523 g/mol. The Labute approximate surface area is 220 Å². The van der Waals surface area contributed by atoms with Gasteiger partial charge >= 0.3 is 5.97 Å². The molecule has 0 aliphatic carbocycles. The van der Waals surface area contributed by atoms with Gasteiger partial charge in [0.1, 0.15) is 36.4 Å². The maximum Gasteiger partial charge on any atom is 0.313 e. The first kappa shape index (κ1) is 26.1. The predicted molar refractivity (Wildman–Crippen MR) is 136 cm³/mol. The van der Waals surface area contributed by atoms with Gasteiger partial charge in [-0.2, -0.15) is 0 Å². The van der Waals surface area contributed by atoms with Crippen LogP contribution >= 0.6 is 0 Å². The summed E-state index contributed by atoms with van der Waals surface area (Å²) in [5.74, 6) is -3.22. The van der Waals surface area contributed by atoms with Gasteiger partial charge in [0.25, 0.3) is 0 Å². The zero-order valence-electron chi connectivity index (χ0n) is 21.7. The van der Waals surface area contributed by atoms with E-state index < -0.39 is 41.0 Å². The fourth-order valence-electron chi connectivity index (χ4n) is 6.69. The van der Waals surface area contributed by atoms with Crippen molar-refractivity contribution in [1.82, 2.24) is 24.8 Å². The van der Waals surface area contributed by atoms with Crippen molar-refractivity contribution in [3.63, 3.8) is 0 Å². The highest BCUT2D eigenvalue weighted by atomic mass is 16.6. The van der Waals surface area contributed by atoms with Crippen LogP contribution in [0.5, 0.6) is 0 Å². The maximum absolute atomic E-state index is 14.3. The minimum Gasteiger partial charge on any atom is -0.461 e. The molecule has 1 aromatic heterocycles. The normalized spacial score (nSPS) is 31.4. The molecule has 38 heavy (non-hydrogen) atoms. The number of β-amino-alcohol motifs (C(OH)–C–C–N with tert-alkyl or cyclic N) is 1. The van der Waals surface area contributed by atoms with E-state index in [-0.39, 0.29) is 44.8 Å². The second-order valence-corrected chi connectivity index (χ2v) is 10.4. The number of aromatic nitrogens is 3. The predicted octanol–water partition coefficient (Wildman–Crippen LogP) is 1.14. The molecule has 3 aliphatic heterocycles. The van der Waals surface area contributed by atoms with E-state index in [0.29, 0.717) is 11.9 Å². The first-order valence-corrected chi connectivity index (χ1v) is 12.8. The molecular weight excluding hydrogens is 490 g/mol. The minimum absolute atomic E-state index is 0.00932. The molecule has 5 rings (SSSR count). The number of hydrogen-bond donors (Lipinski definition) is 1. The molecule has 4 heterocycles. The lowest BCUT2D eigenvalue weighted by Crippen LogP contribution is -2.57. The highest BCUT2D eigenvalue weighted by Crippen LogP contribution is 2.65. The lowest BCUT2D eigenvalue weighted by Gasteiger charge is -2.37. The van der Waals surface area contributed by atoms with Gasteiger partial charge in [-0.05, 0) is 31.4 Å². The number of ether oxygens (including phenoxy) is 2. The van der Waals surface area contributed by atoms with Crippen LogP contribution in [0.25, 0.3) is 11.0 Å². The van der Waals surface area contributed by atoms with Crippen molar-refractivity contribution in [2.45, 2.75) is 44.2 Å². The van der Waals surface area contributed by atoms with Crippen molar-refractivity contribution < 1.29 is 29.0 Å². The number of esters is 1. The van der Waals surface area contributed by atoms with Crippen molar-refractivity contribution in [1.29, 1.82) is 0 Å². The molecule has 2 aromatic rings. The average molecular weight is 524 g/mol. The van der Waals surface area contributed by atoms with Crippen molar-refractivity contribution in [2.24, 2.45) is 17.8 Å². The van der Waals surface area contributed by atoms with Crippen LogP contribution in [0.1, 0.15) is 20.3 Å². The Balaban J connectivity index is 1.54. The summed E-state index contributed by atoms with van der Waals surface area (Å²) in [6.45, 7) is 11.0. The molecule has 11 nitrogen and oxygen atoms in total. The van der Waals surface area contributed by atoms with Crippen LogP contribution in [-0.2, 0) is 30.5 Å². The van der Waals surface area contributed by atoms with E-state index in [1.807, 2.05) is 38.1 Å². The van der Waals surface area contributed by atoms with Gasteiger partial charge in [-0.1, -0.05) is 43.0 Å². The van der Waals surface area contributed by atoms with E-state index >= 15 is 0 Å². The molecule has 2 amide bonds. The largest absolute Gasteiger partial charge is 0.461 e. The van der Waals surface area contributed by atoms with Crippen LogP contribution in [0.2, 0.25) is 0 Å². The molecule has 1 spiro atoms. The third kappa shape index (κ3) is 3.67. The molecule has 3 aliphatic rings.